The predicted octanol–water partition coefficient (Wildman–Crippen LogP) is 5.56. The molecule has 0 saturated carbocycles. The Balaban J connectivity index is 1.91. The van der Waals surface area contributed by atoms with Crippen LogP contribution in [0.1, 0.15) is 33.3 Å². The van der Waals surface area contributed by atoms with Gasteiger partial charge in [-0.05, 0) is 5.56 Å². The molecule has 27 heavy (non-hydrogen) atoms. The molecule has 2 fully saturated rings. The predicted molar refractivity (Wildman–Crippen MR) is 106 cm³/mol. The molecule has 0 atom stereocenters. The minimum absolute atomic E-state index is 0.255. The monoisotopic (exact) mass is 414 g/mol. The van der Waals surface area contributed by atoms with Crippen molar-refractivity contribution in [1.29, 1.82) is 0 Å². The lowest BCUT2D eigenvalue weighted by Crippen LogP contribution is -2.35. The first-order valence-electron chi connectivity index (χ1n) is 9.05. The second-order valence-electron chi connectivity index (χ2n) is 8.69. The Morgan fingerprint density at radius 3 is 1.63 bits per heavy atom. The third-order valence-corrected chi connectivity index (χ3v) is 9.74. The van der Waals surface area contributed by atoms with Crippen LogP contribution in [0.15, 0.2) is 36.4 Å². The number of rotatable bonds is 4. The zero-order valence-corrected chi connectivity index (χ0v) is 18.1. The maximum absolute atomic E-state index is 13.5. The van der Waals surface area contributed by atoms with Crippen molar-refractivity contribution < 1.29 is 27.2 Å². The Morgan fingerprint density at radius 1 is 0.815 bits per heavy atom. The summed E-state index contributed by atoms with van der Waals surface area (Å²) in [6.07, 6.45) is 3.34. The van der Waals surface area contributed by atoms with E-state index in [1.54, 1.807) is 12.2 Å². The van der Waals surface area contributed by atoms with Crippen molar-refractivity contribution >= 4 is 21.3 Å². The quantitative estimate of drug-likeness (QED) is 0.601. The SMILES string of the molecule is CC1(C)COP(=O)(C(/C=C/c2ccccc2)P2(=O)OCC(C)(C)CO2)OC1. The summed E-state index contributed by atoms with van der Waals surface area (Å²) in [4.78, 5) is 0. The van der Waals surface area contributed by atoms with Crippen LogP contribution >= 0.6 is 15.2 Å². The highest BCUT2D eigenvalue weighted by Gasteiger charge is 2.54. The fourth-order valence-electron chi connectivity index (χ4n) is 2.67. The average Bonchev–Trinajstić information content (AvgIpc) is 2.62. The first-order chi connectivity index (χ1) is 12.5. The molecule has 0 N–H and O–H groups in total. The summed E-state index contributed by atoms with van der Waals surface area (Å²) in [5.74, 6) is 0. The van der Waals surface area contributed by atoms with E-state index in [2.05, 4.69) is 0 Å². The first kappa shape index (κ1) is 21.0. The van der Waals surface area contributed by atoms with Crippen molar-refractivity contribution in [2.45, 2.75) is 33.1 Å². The molecule has 0 unspecified atom stereocenters. The molecule has 2 aliphatic rings. The van der Waals surface area contributed by atoms with Crippen molar-refractivity contribution in [3.8, 4) is 0 Å². The third kappa shape index (κ3) is 5.00. The smallest absolute Gasteiger partial charge is 0.307 e. The van der Waals surface area contributed by atoms with Gasteiger partial charge in [-0.3, -0.25) is 9.13 Å². The fraction of sp³-hybridized carbons (Fsp3) is 0.579. The summed E-state index contributed by atoms with van der Waals surface area (Å²) in [6.45, 7) is 8.87. The summed E-state index contributed by atoms with van der Waals surface area (Å²) < 4.78 is 49.6. The molecule has 0 amide bonds. The van der Waals surface area contributed by atoms with Gasteiger partial charge in [0.2, 0.25) is 0 Å². The van der Waals surface area contributed by atoms with Gasteiger partial charge in [-0.1, -0.05) is 70.2 Å². The van der Waals surface area contributed by atoms with Gasteiger partial charge in [0, 0.05) is 10.8 Å². The zero-order chi connectivity index (χ0) is 19.8. The topological polar surface area (TPSA) is 71.1 Å². The molecule has 1 aromatic rings. The van der Waals surface area contributed by atoms with Crippen LogP contribution in [0.5, 0.6) is 0 Å². The maximum atomic E-state index is 13.5. The van der Waals surface area contributed by atoms with Crippen LogP contribution in [0.2, 0.25) is 0 Å². The molecule has 0 aliphatic carbocycles. The second kappa shape index (κ2) is 7.59. The van der Waals surface area contributed by atoms with E-state index in [0.717, 1.165) is 5.56 Å². The van der Waals surface area contributed by atoms with E-state index in [0.29, 0.717) is 0 Å². The molecule has 150 valence electrons. The normalized spacial score (nSPS) is 26.3. The molecule has 8 heteroatoms. The van der Waals surface area contributed by atoms with Gasteiger partial charge in [0.05, 0.1) is 26.4 Å². The lowest BCUT2D eigenvalue weighted by atomic mass is 9.97. The largest absolute Gasteiger partial charge is 0.349 e. The highest BCUT2D eigenvalue weighted by molar-refractivity contribution is 7.73. The van der Waals surface area contributed by atoms with Crippen LogP contribution in [-0.2, 0) is 27.2 Å². The lowest BCUT2D eigenvalue weighted by Gasteiger charge is -2.41. The minimum atomic E-state index is -3.72. The molecule has 0 aromatic heterocycles. The highest BCUT2D eigenvalue weighted by atomic mass is 31.2. The Hall–Kier alpha value is -0.740. The van der Waals surface area contributed by atoms with E-state index < -0.39 is 20.6 Å². The van der Waals surface area contributed by atoms with Gasteiger partial charge < -0.3 is 18.1 Å². The first-order valence-corrected chi connectivity index (χ1v) is 12.3. The molecule has 2 aliphatic heterocycles. The lowest BCUT2D eigenvalue weighted by molar-refractivity contribution is 0.0297. The second-order valence-corrected chi connectivity index (χ2v) is 13.4. The van der Waals surface area contributed by atoms with Gasteiger partial charge in [0.1, 0.15) is 0 Å². The van der Waals surface area contributed by atoms with Gasteiger partial charge >= 0.3 is 15.2 Å². The summed E-state index contributed by atoms with van der Waals surface area (Å²) >= 11 is 0. The Bertz CT molecular complexity index is 717. The molecule has 0 radical (unpaired) electrons. The van der Waals surface area contributed by atoms with Gasteiger partial charge in [0.25, 0.3) is 0 Å². The molecular formula is C19H28O6P2. The van der Waals surface area contributed by atoms with Crippen LogP contribution < -0.4 is 0 Å². The van der Waals surface area contributed by atoms with Crippen LogP contribution in [0.3, 0.4) is 0 Å². The zero-order valence-electron chi connectivity index (χ0n) is 16.3. The van der Waals surface area contributed by atoms with Crippen LogP contribution in [0, 0.1) is 10.8 Å². The van der Waals surface area contributed by atoms with Crippen molar-refractivity contribution in [2.75, 3.05) is 26.4 Å². The van der Waals surface area contributed by atoms with Crippen LogP contribution in [-0.4, -0.2) is 31.8 Å². The number of benzene rings is 1. The molecule has 1 aromatic carbocycles. The van der Waals surface area contributed by atoms with Crippen LogP contribution in [0.25, 0.3) is 6.08 Å². The van der Waals surface area contributed by atoms with E-state index in [-0.39, 0.29) is 37.3 Å². The van der Waals surface area contributed by atoms with E-state index in [1.807, 2.05) is 58.0 Å². The van der Waals surface area contributed by atoms with Crippen molar-refractivity contribution in [2.24, 2.45) is 10.8 Å². The van der Waals surface area contributed by atoms with Crippen molar-refractivity contribution in [1.82, 2.24) is 0 Å². The van der Waals surface area contributed by atoms with Gasteiger partial charge in [-0.2, -0.15) is 0 Å². The summed E-state index contributed by atoms with van der Waals surface area (Å²) in [7, 11) is -7.43. The number of hydrogen-bond donors (Lipinski definition) is 0. The molecule has 2 saturated heterocycles. The summed E-state index contributed by atoms with van der Waals surface area (Å²) in [5, 5.41) is -1.10. The van der Waals surface area contributed by atoms with Gasteiger partial charge in [0.15, 0.2) is 5.40 Å². The Labute approximate surface area is 161 Å². The van der Waals surface area contributed by atoms with E-state index >= 15 is 0 Å². The third-order valence-electron chi connectivity index (χ3n) is 4.45. The fourth-order valence-corrected chi connectivity index (χ4v) is 8.32. The average molecular weight is 414 g/mol. The van der Waals surface area contributed by atoms with Crippen molar-refractivity contribution in [3.63, 3.8) is 0 Å². The van der Waals surface area contributed by atoms with E-state index in [1.165, 1.54) is 0 Å². The van der Waals surface area contributed by atoms with Gasteiger partial charge in [-0.25, -0.2) is 0 Å². The molecule has 2 heterocycles. The molecule has 3 rings (SSSR count). The number of allylic oxidation sites excluding steroid dienone is 1. The Morgan fingerprint density at radius 2 is 1.22 bits per heavy atom. The molecule has 6 nitrogen and oxygen atoms in total. The van der Waals surface area contributed by atoms with E-state index in [9.17, 15) is 9.13 Å². The minimum Gasteiger partial charge on any atom is -0.307 e. The Kier molecular flexibility index (Phi) is 5.90. The molecule has 0 bridgehead atoms. The van der Waals surface area contributed by atoms with E-state index in [4.69, 9.17) is 18.1 Å². The maximum Gasteiger partial charge on any atom is 0.349 e. The summed E-state index contributed by atoms with van der Waals surface area (Å²) in [6, 6.07) is 9.49. The van der Waals surface area contributed by atoms with Gasteiger partial charge in [-0.15, -0.1) is 0 Å². The molecule has 0 spiro atoms. The van der Waals surface area contributed by atoms with Crippen molar-refractivity contribution in [3.05, 3.63) is 42.0 Å². The van der Waals surface area contributed by atoms with Crippen LogP contribution in [0.4, 0.5) is 0 Å². The summed E-state index contributed by atoms with van der Waals surface area (Å²) in [5.41, 5.74) is 0.369. The standard InChI is InChI=1S/C19H28O6P2/c1-18(2)12-22-26(20,23-13-18)17(11-10-16-8-6-5-7-9-16)27(21)24-14-19(3,4)15-25-27/h5-11,17H,12-15H2,1-4H3/b11-10+. The molecular weight excluding hydrogens is 386 g/mol. The number of hydrogen-bond acceptors (Lipinski definition) is 6. The highest BCUT2D eigenvalue weighted by Crippen LogP contribution is 2.73.